The molecule has 0 bridgehead atoms. The SMILES string of the molecule is C=CC(=O)OCC(O)COc1ccc(C2(c3ccc(OCC(O)COC(=O)C=C)cc3)C3=C(CC(C)C=C3)c3ccccc32)cc1. The van der Waals surface area contributed by atoms with Crippen molar-refractivity contribution in [2.75, 3.05) is 26.4 Å². The molecular weight excluding hydrogens is 584 g/mol. The molecule has 3 aromatic carbocycles. The van der Waals surface area contributed by atoms with Gasteiger partial charge in [0.05, 0.1) is 5.41 Å². The summed E-state index contributed by atoms with van der Waals surface area (Å²) < 4.78 is 21.4. The summed E-state index contributed by atoms with van der Waals surface area (Å²) in [6.45, 7) is 8.46. The first-order chi connectivity index (χ1) is 22.3. The van der Waals surface area contributed by atoms with E-state index in [0.29, 0.717) is 17.4 Å². The molecule has 0 aliphatic heterocycles. The molecule has 8 nitrogen and oxygen atoms in total. The molecule has 8 heteroatoms. The zero-order chi connectivity index (χ0) is 32.7. The molecule has 0 saturated carbocycles. The highest BCUT2D eigenvalue weighted by Gasteiger charge is 2.47. The number of carbonyl (C=O) groups excluding carboxylic acids is 2. The third kappa shape index (κ3) is 6.83. The molecule has 0 saturated heterocycles. The van der Waals surface area contributed by atoms with E-state index in [1.165, 1.54) is 22.3 Å². The number of rotatable bonds is 14. The van der Waals surface area contributed by atoms with Gasteiger partial charge in [0.25, 0.3) is 0 Å². The standard InChI is InChI=1S/C38H38O8/c1-4-36(41)45-23-28(39)21-43-30-15-11-26(12-16-30)38(34-9-7-6-8-32(34)33-20-25(3)10-19-35(33)38)27-13-17-31(18-14-27)44-22-29(40)24-46-37(42)5-2/h4-19,25,28-29,39-40H,1-2,20-24H2,3H3. The van der Waals surface area contributed by atoms with E-state index in [9.17, 15) is 19.8 Å². The number of hydrogen-bond acceptors (Lipinski definition) is 8. The first kappa shape index (κ1) is 32.5. The first-order valence-corrected chi connectivity index (χ1v) is 15.2. The van der Waals surface area contributed by atoms with E-state index in [1.54, 1.807) is 0 Å². The lowest BCUT2D eigenvalue weighted by molar-refractivity contribution is -0.142. The van der Waals surface area contributed by atoms with Gasteiger partial charge in [-0.25, -0.2) is 9.59 Å². The van der Waals surface area contributed by atoms with Crippen LogP contribution in [0.4, 0.5) is 0 Å². The number of ether oxygens (including phenoxy) is 4. The number of esters is 2. The molecule has 46 heavy (non-hydrogen) atoms. The van der Waals surface area contributed by atoms with Crippen LogP contribution in [0.15, 0.2) is 116 Å². The Kier molecular flexibility index (Phi) is 10.2. The number of aliphatic hydroxyl groups is 2. The van der Waals surface area contributed by atoms with Gasteiger partial charge in [-0.3, -0.25) is 0 Å². The lowest BCUT2D eigenvalue weighted by Gasteiger charge is -2.36. The highest BCUT2D eigenvalue weighted by Crippen LogP contribution is 2.57. The van der Waals surface area contributed by atoms with E-state index in [-0.39, 0.29) is 26.4 Å². The minimum Gasteiger partial charge on any atom is -0.491 e. The van der Waals surface area contributed by atoms with Gasteiger partial charge in [-0.15, -0.1) is 0 Å². The second kappa shape index (κ2) is 14.5. The Morgan fingerprint density at radius 1 is 0.804 bits per heavy atom. The largest absolute Gasteiger partial charge is 0.491 e. The second-order valence-corrected chi connectivity index (χ2v) is 11.4. The minimum absolute atomic E-state index is 0.0411. The maximum atomic E-state index is 11.3. The van der Waals surface area contributed by atoms with Crippen molar-refractivity contribution in [3.05, 3.63) is 138 Å². The summed E-state index contributed by atoms with van der Waals surface area (Å²) in [6, 6.07) is 24.2. The zero-order valence-electron chi connectivity index (χ0n) is 25.8. The van der Waals surface area contributed by atoms with Crippen LogP contribution in [0.5, 0.6) is 11.5 Å². The second-order valence-electron chi connectivity index (χ2n) is 11.4. The fraction of sp³-hybridized carbons (Fsp3) is 0.263. The number of allylic oxidation sites excluding steroid dienone is 4. The molecule has 3 atom stereocenters. The summed E-state index contributed by atoms with van der Waals surface area (Å²) in [5.41, 5.74) is 6.42. The van der Waals surface area contributed by atoms with Gasteiger partial charge in [0.15, 0.2) is 0 Å². The predicted molar refractivity (Wildman–Crippen MR) is 174 cm³/mol. The highest BCUT2D eigenvalue weighted by atomic mass is 16.6. The van der Waals surface area contributed by atoms with Crippen LogP contribution in [0.1, 0.15) is 35.6 Å². The van der Waals surface area contributed by atoms with Crippen molar-refractivity contribution in [1.82, 2.24) is 0 Å². The average Bonchev–Trinajstić information content (AvgIpc) is 3.38. The maximum Gasteiger partial charge on any atom is 0.330 e. The van der Waals surface area contributed by atoms with Crippen molar-refractivity contribution in [3.8, 4) is 11.5 Å². The van der Waals surface area contributed by atoms with Gasteiger partial charge in [-0.05, 0) is 70.0 Å². The number of carbonyl (C=O) groups is 2. The molecular formula is C38H38O8. The molecule has 0 aromatic heterocycles. The van der Waals surface area contributed by atoms with Crippen LogP contribution in [0.25, 0.3) is 5.57 Å². The predicted octanol–water partition coefficient (Wildman–Crippen LogP) is 5.32. The van der Waals surface area contributed by atoms with Crippen LogP contribution in [0, 0.1) is 5.92 Å². The summed E-state index contributed by atoms with van der Waals surface area (Å²) in [6.07, 6.45) is 5.56. The van der Waals surface area contributed by atoms with E-state index in [4.69, 9.17) is 18.9 Å². The molecule has 3 unspecified atom stereocenters. The van der Waals surface area contributed by atoms with Crippen molar-refractivity contribution in [2.45, 2.75) is 31.0 Å². The van der Waals surface area contributed by atoms with Crippen LogP contribution >= 0.6 is 0 Å². The lowest BCUT2D eigenvalue weighted by atomic mass is 9.66. The van der Waals surface area contributed by atoms with E-state index >= 15 is 0 Å². The Morgan fingerprint density at radius 2 is 1.30 bits per heavy atom. The maximum absolute atomic E-state index is 11.3. The van der Waals surface area contributed by atoms with Gasteiger partial charge in [-0.2, -0.15) is 0 Å². The number of benzene rings is 3. The summed E-state index contributed by atoms with van der Waals surface area (Å²) in [4.78, 5) is 22.6. The van der Waals surface area contributed by atoms with Crippen LogP contribution in [0.2, 0.25) is 0 Å². The molecule has 0 radical (unpaired) electrons. The van der Waals surface area contributed by atoms with Crippen LogP contribution in [0.3, 0.4) is 0 Å². The van der Waals surface area contributed by atoms with Gasteiger partial charge in [-0.1, -0.05) is 80.8 Å². The summed E-state index contributed by atoms with van der Waals surface area (Å²) in [5, 5.41) is 20.4. The monoisotopic (exact) mass is 622 g/mol. The molecule has 5 rings (SSSR count). The van der Waals surface area contributed by atoms with Gasteiger partial charge >= 0.3 is 11.9 Å². The smallest absolute Gasteiger partial charge is 0.330 e. The van der Waals surface area contributed by atoms with Crippen LogP contribution in [-0.4, -0.2) is 60.8 Å². The van der Waals surface area contributed by atoms with Gasteiger partial charge in [0, 0.05) is 12.2 Å². The summed E-state index contributed by atoms with van der Waals surface area (Å²) >= 11 is 0. The number of aliphatic hydroxyl groups excluding tert-OH is 2. The quantitative estimate of drug-likeness (QED) is 0.184. The molecule has 0 amide bonds. The van der Waals surface area contributed by atoms with Crippen molar-refractivity contribution in [1.29, 1.82) is 0 Å². The van der Waals surface area contributed by atoms with Crippen LogP contribution in [-0.2, 0) is 24.5 Å². The normalized spacial score (nSPS) is 19.3. The Bertz CT molecular complexity index is 1560. The molecule has 2 aliphatic rings. The zero-order valence-corrected chi connectivity index (χ0v) is 25.8. The van der Waals surface area contributed by atoms with Gasteiger partial charge < -0.3 is 29.2 Å². The van der Waals surface area contributed by atoms with E-state index in [2.05, 4.69) is 56.5 Å². The average molecular weight is 623 g/mol. The van der Waals surface area contributed by atoms with Crippen molar-refractivity contribution in [3.63, 3.8) is 0 Å². The number of fused-ring (bicyclic) bond motifs is 2. The van der Waals surface area contributed by atoms with E-state index < -0.39 is 29.6 Å². The number of hydrogen-bond donors (Lipinski definition) is 2. The molecule has 0 spiro atoms. The van der Waals surface area contributed by atoms with Crippen molar-refractivity contribution < 1.29 is 38.7 Å². The van der Waals surface area contributed by atoms with Crippen molar-refractivity contribution in [2.24, 2.45) is 5.92 Å². The highest BCUT2D eigenvalue weighted by molar-refractivity contribution is 5.88. The fourth-order valence-electron chi connectivity index (χ4n) is 6.03. The van der Waals surface area contributed by atoms with E-state index in [1.807, 2.05) is 48.5 Å². The first-order valence-electron chi connectivity index (χ1n) is 15.2. The third-order valence-electron chi connectivity index (χ3n) is 8.13. The Labute approximate surface area is 268 Å². The third-order valence-corrected chi connectivity index (χ3v) is 8.13. The molecule has 2 N–H and O–H groups in total. The van der Waals surface area contributed by atoms with Gasteiger partial charge in [0.1, 0.15) is 50.1 Å². The van der Waals surface area contributed by atoms with E-state index in [0.717, 1.165) is 29.7 Å². The topological polar surface area (TPSA) is 112 Å². The lowest BCUT2D eigenvalue weighted by Crippen LogP contribution is -2.30. The molecule has 2 aliphatic carbocycles. The molecule has 3 aromatic rings. The van der Waals surface area contributed by atoms with Crippen LogP contribution < -0.4 is 9.47 Å². The molecule has 238 valence electrons. The summed E-state index contributed by atoms with van der Waals surface area (Å²) in [5.74, 6) is 0.344. The Balaban J connectivity index is 1.44. The Morgan fingerprint density at radius 3 is 1.80 bits per heavy atom. The van der Waals surface area contributed by atoms with Crippen molar-refractivity contribution >= 4 is 17.5 Å². The molecule has 0 fully saturated rings. The minimum atomic E-state index is -0.984. The molecule has 0 heterocycles. The fourth-order valence-corrected chi connectivity index (χ4v) is 6.03. The summed E-state index contributed by atoms with van der Waals surface area (Å²) in [7, 11) is 0. The Hall–Kier alpha value is -4.92. The van der Waals surface area contributed by atoms with Gasteiger partial charge in [0.2, 0.25) is 0 Å².